The number of aryl methyl sites for hydroxylation is 1. The second kappa shape index (κ2) is 8.15. The summed E-state index contributed by atoms with van der Waals surface area (Å²) >= 11 is 0. The topological polar surface area (TPSA) is 39.2 Å². The average Bonchev–Trinajstić information content (AvgIpc) is 3.01. The van der Waals surface area contributed by atoms with E-state index < -0.39 is 6.36 Å². The molecule has 0 fully saturated rings. The van der Waals surface area contributed by atoms with Crippen LogP contribution in [-0.2, 0) is 19.5 Å². The smallest absolute Gasteiger partial charge is 0.406 e. The second-order valence-electron chi connectivity index (χ2n) is 7.85. The molecule has 1 aromatic heterocycles. The number of quaternary nitrogens is 1. The number of hydrogen-bond donors (Lipinski definition) is 0. The van der Waals surface area contributed by atoms with E-state index >= 15 is 0 Å². The summed E-state index contributed by atoms with van der Waals surface area (Å²) in [6.07, 6.45) is -2.39. The molecule has 1 aliphatic heterocycles. The van der Waals surface area contributed by atoms with Crippen molar-refractivity contribution in [3.63, 3.8) is 0 Å². The van der Waals surface area contributed by atoms with Crippen LogP contribution in [0.15, 0.2) is 66.9 Å². The van der Waals surface area contributed by atoms with Gasteiger partial charge in [0.2, 0.25) is 0 Å². The Bertz CT molecular complexity index is 1080. The SMILES string of the molecule is Cc1cccc2c1C[N+](CCc1ccccn1)(Cc1ccc(OC(F)(F)F)cc1)C2=O. The summed E-state index contributed by atoms with van der Waals surface area (Å²) in [5.74, 6) is -0.242. The Hall–Kier alpha value is -3.19. The first-order valence-corrected chi connectivity index (χ1v) is 10.00. The van der Waals surface area contributed by atoms with Gasteiger partial charge in [0.05, 0.1) is 12.1 Å². The molecule has 2 heterocycles. The van der Waals surface area contributed by atoms with Crippen LogP contribution in [0.1, 0.15) is 32.7 Å². The van der Waals surface area contributed by atoms with Crippen molar-refractivity contribution < 1.29 is 27.2 Å². The van der Waals surface area contributed by atoms with Crippen LogP contribution >= 0.6 is 0 Å². The van der Waals surface area contributed by atoms with E-state index in [-0.39, 0.29) is 16.1 Å². The van der Waals surface area contributed by atoms with Crippen molar-refractivity contribution in [2.24, 2.45) is 0 Å². The van der Waals surface area contributed by atoms with E-state index in [0.717, 1.165) is 27.9 Å². The molecule has 0 spiro atoms. The van der Waals surface area contributed by atoms with Crippen molar-refractivity contribution >= 4 is 5.91 Å². The number of carbonyl (C=O) groups excluding carboxylic acids is 1. The highest BCUT2D eigenvalue weighted by Gasteiger charge is 2.45. The fourth-order valence-electron chi connectivity index (χ4n) is 4.15. The Morgan fingerprint density at radius 1 is 1.03 bits per heavy atom. The summed E-state index contributed by atoms with van der Waals surface area (Å²) in [6, 6.07) is 17.2. The number of hydrogen-bond acceptors (Lipinski definition) is 3. The van der Waals surface area contributed by atoms with E-state index in [9.17, 15) is 18.0 Å². The number of nitrogens with zero attached hydrogens (tertiary/aromatic N) is 2. The van der Waals surface area contributed by atoms with Crippen LogP contribution in [0.5, 0.6) is 5.75 Å². The number of benzene rings is 2. The molecule has 0 bridgehead atoms. The molecule has 160 valence electrons. The predicted octanol–water partition coefficient (Wildman–Crippen LogP) is 5.20. The standard InChI is InChI=1S/C24H22F3N2O2/c1-17-5-4-7-21-22(17)16-29(23(21)30,14-12-19-6-2-3-13-28-19)15-18-8-10-20(11-9-18)31-24(25,26)27/h2-11,13H,12,14-16H2,1H3/q+1. The summed E-state index contributed by atoms with van der Waals surface area (Å²) in [6.45, 7) is 3.47. The van der Waals surface area contributed by atoms with Gasteiger partial charge in [-0.05, 0) is 55.0 Å². The van der Waals surface area contributed by atoms with Gasteiger partial charge >= 0.3 is 12.3 Å². The highest BCUT2D eigenvalue weighted by atomic mass is 19.4. The van der Waals surface area contributed by atoms with Gasteiger partial charge in [-0.15, -0.1) is 13.2 Å². The van der Waals surface area contributed by atoms with Gasteiger partial charge in [-0.3, -0.25) is 4.98 Å². The van der Waals surface area contributed by atoms with Crippen molar-refractivity contribution in [3.8, 4) is 5.75 Å². The highest BCUT2D eigenvalue weighted by Crippen LogP contribution is 2.35. The van der Waals surface area contributed by atoms with E-state index in [0.29, 0.717) is 26.1 Å². The van der Waals surface area contributed by atoms with Gasteiger partial charge in [0.25, 0.3) is 0 Å². The number of alkyl halides is 3. The fraction of sp³-hybridized carbons (Fsp3) is 0.250. The van der Waals surface area contributed by atoms with Crippen LogP contribution in [0.25, 0.3) is 0 Å². The summed E-state index contributed by atoms with van der Waals surface area (Å²) < 4.78 is 41.5. The van der Waals surface area contributed by atoms with Gasteiger partial charge in [-0.2, -0.15) is 0 Å². The van der Waals surface area contributed by atoms with Crippen LogP contribution in [0.3, 0.4) is 0 Å². The molecule has 0 aliphatic carbocycles. The number of amides is 1. The Morgan fingerprint density at radius 2 is 1.81 bits per heavy atom. The third-order valence-electron chi connectivity index (χ3n) is 5.70. The molecule has 2 aromatic carbocycles. The van der Waals surface area contributed by atoms with Crippen molar-refractivity contribution in [1.82, 2.24) is 4.98 Å². The Morgan fingerprint density at radius 3 is 2.45 bits per heavy atom. The maximum Gasteiger partial charge on any atom is 0.573 e. The van der Waals surface area contributed by atoms with Gasteiger partial charge in [-0.25, -0.2) is 9.28 Å². The number of fused-ring (bicyclic) bond motifs is 1. The molecule has 1 unspecified atom stereocenters. The molecule has 4 nitrogen and oxygen atoms in total. The largest absolute Gasteiger partial charge is 0.573 e. The summed E-state index contributed by atoms with van der Waals surface area (Å²) in [7, 11) is 0. The molecular formula is C24H22F3N2O2+. The molecule has 4 rings (SSSR count). The molecule has 1 aliphatic rings. The lowest BCUT2D eigenvalue weighted by Crippen LogP contribution is -2.48. The Labute approximate surface area is 178 Å². The molecular weight excluding hydrogens is 405 g/mol. The van der Waals surface area contributed by atoms with E-state index in [1.165, 1.54) is 12.1 Å². The van der Waals surface area contributed by atoms with E-state index in [4.69, 9.17) is 0 Å². The first kappa shape index (κ1) is 21.1. The normalized spacial score (nSPS) is 18.1. The Kier molecular flexibility index (Phi) is 5.54. The lowest BCUT2D eigenvalue weighted by atomic mass is 10.1. The van der Waals surface area contributed by atoms with Crippen molar-refractivity contribution in [2.75, 3.05) is 6.54 Å². The number of pyridine rings is 1. The molecule has 0 saturated carbocycles. The van der Waals surface area contributed by atoms with Crippen molar-refractivity contribution in [1.29, 1.82) is 0 Å². The molecule has 31 heavy (non-hydrogen) atoms. The molecule has 1 atom stereocenters. The number of halogens is 3. The number of aromatic nitrogens is 1. The number of rotatable bonds is 6. The lowest BCUT2D eigenvalue weighted by Gasteiger charge is -2.31. The lowest BCUT2D eigenvalue weighted by molar-refractivity contribution is -0.871. The minimum atomic E-state index is -4.73. The number of ether oxygens (including phenoxy) is 1. The summed E-state index contributed by atoms with van der Waals surface area (Å²) in [4.78, 5) is 17.9. The third-order valence-corrected chi connectivity index (χ3v) is 5.70. The summed E-state index contributed by atoms with van der Waals surface area (Å²) in [5.41, 5.74) is 4.49. The van der Waals surface area contributed by atoms with Gasteiger partial charge in [-0.1, -0.05) is 18.2 Å². The van der Waals surface area contributed by atoms with Crippen LogP contribution < -0.4 is 4.74 Å². The predicted molar refractivity (Wildman–Crippen MR) is 109 cm³/mol. The van der Waals surface area contributed by atoms with Gasteiger partial charge in [0.1, 0.15) is 18.8 Å². The molecule has 0 saturated heterocycles. The zero-order valence-corrected chi connectivity index (χ0v) is 17.0. The fourth-order valence-corrected chi connectivity index (χ4v) is 4.15. The minimum absolute atomic E-state index is 0.0326. The second-order valence-corrected chi connectivity index (χ2v) is 7.85. The minimum Gasteiger partial charge on any atom is -0.406 e. The molecule has 0 N–H and O–H groups in total. The van der Waals surface area contributed by atoms with Crippen LogP contribution in [0.4, 0.5) is 13.2 Å². The molecule has 7 heteroatoms. The van der Waals surface area contributed by atoms with Gasteiger partial charge < -0.3 is 4.74 Å². The highest BCUT2D eigenvalue weighted by molar-refractivity contribution is 5.93. The third kappa shape index (κ3) is 4.61. The maximum absolute atomic E-state index is 13.5. The van der Waals surface area contributed by atoms with Gasteiger partial charge in [0.15, 0.2) is 0 Å². The van der Waals surface area contributed by atoms with Crippen LogP contribution in [0, 0.1) is 6.92 Å². The molecule has 0 radical (unpaired) electrons. The monoisotopic (exact) mass is 427 g/mol. The van der Waals surface area contributed by atoms with Crippen molar-refractivity contribution in [3.05, 3.63) is 94.8 Å². The maximum atomic E-state index is 13.5. The zero-order valence-electron chi connectivity index (χ0n) is 17.0. The van der Waals surface area contributed by atoms with E-state index in [2.05, 4.69) is 9.72 Å². The molecule has 1 amide bonds. The quantitative estimate of drug-likeness (QED) is 0.508. The van der Waals surface area contributed by atoms with Gasteiger partial charge in [0, 0.05) is 29.4 Å². The first-order chi connectivity index (χ1) is 14.8. The van der Waals surface area contributed by atoms with Crippen molar-refractivity contribution in [2.45, 2.75) is 32.8 Å². The first-order valence-electron chi connectivity index (χ1n) is 10.00. The Balaban J connectivity index is 1.62. The van der Waals surface area contributed by atoms with Crippen LogP contribution in [-0.4, -0.2) is 28.3 Å². The van der Waals surface area contributed by atoms with E-state index in [1.54, 1.807) is 18.3 Å². The number of carbonyl (C=O) groups is 1. The average molecular weight is 427 g/mol. The van der Waals surface area contributed by atoms with Crippen LogP contribution in [0.2, 0.25) is 0 Å². The summed E-state index contributed by atoms with van der Waals surface area (Å²) in [5, 5.41) is 0. The molecule has 3 aromatic rings. The zero-order chi connectivity index (χ0) is 22.1. The van der Waals surface area contributed by atoms with E-state index in [1.807, 2.05) is 43.3 Å².